The van der Waals surface area contributed by atoms with E-state index in [1.807, 2.05) is 60.7 Å². The lowest BCUT2D eigenvalue weighted by Gasteiger charge is -2.22. The van der Waals surface area contributed by atoms with E-state index in [4.69, 9.17) is 28.3 Å². The van der Waals surface area contributed by atoms with Gasteiger partial charge in [-0.2, -0.15) is 4.52 Å². The van der Waals surface area contributed by atoms with Crippen LogP contribution in [0.3, 0.4) is 0 Å². The van der Waals surface area contributed by atoms with Crippen molar-refractivity contribution in [1.82, 2.24) is 0 Å². The van der Waals surface area contributed by atoms with Crippen LogP contribution in [0.1, 0.15) is 39.5 Å². The number of para-hydroxylation sites is 2. The zero-order valence-electron chi connectivity index (χ0n) is 16.5. The molecule has 0 aliphatic rings. The molecule has 2 rings (SSSR count). The van der Waals surface area contributed by atoms with E-state index in [1.54, 1.807) is 0 Å². The highest BCUT2D eigenvalue weighted by atomic mass is 31.2. The first-order valence-electron chi connectivity index (χ1n) is 9.40. The van der Waals surface area contributed by atoms with Crippen molar-refractivity contribution in [3.05, 3.63) is 60.7 Å². The Morgan fingerprint density at radius 3 is 1.61 bits per heavy atom. The lowest BCUT2D eigenvalue weighted by atomic mass is 10.2. The van der Waals surface area contributed by atoms with Crippen LogP contribution in [0.5, 0.6) is 11.5 Å². The van der Waals surface area contributed by atoms with Crippen LogP contribution in [0.15, 0.2) is 60.7 Å². The van der Waals surface area contributed by atoms with E-state index in [1.165, 1.54) is 19.3 Å². The van der Waals surface area contributed by atoms with E-state index < -0.39 is 16.5 Å². The summed E-state index contributed by atoms with van der Waals surface area (Å²) in [7, 11) is -5.09. The molecule has 0 saturated carbocycles. The summed E-state index contributed by atoms with van der Waals surface area (Å²) in [6.45, 7) is 4.94. The van der Waals surface area contributed by atoms with E-state index in [0.717, 1.165) is 17.9 Å². The van der Waals surface area contributed by atoms with Crippen LogP contribution in [0.25, 0.3) is 0 Å². The molecule has 0 heterocycles. The lowest BCUT2D eigenvalue weighted by molar-refractivity contribution is 0.236. The number of rotatable bonds is 11. The summed E-state index contributed by atoms with van der Waals surface area (Å²) >= 11 is 0. The van der Waals surface area contributed by atoms with Crippen molar-refractivity contribution in [2.45, 2.75) is 39.5 Å². The minimum Gasteiger partial charge on any atom is -0.328 e. The van der Waals surface area contributed by atoms with E-state index in [9.17, 15) is 0 Å². The fraction of sp³-hybridized carbons (Fsp3) is 0.400. The smallest absolute Gasteiger partial charge is 0.328 e. The molecule has 0 fully saturated rings. The molecule has 0 bridgehead atoms. The van der Waals surface area contributed by atoms with Gasteiger partial charge in [-0.3, -0.25) is 9.05 Å². The molecular formula is C20H31O6P2+. The Kier molecular flexibility index (Phi) is 13.0. The summed E-state index contributed by atoms with van der Waals surface area (Å²) in [6, 6.07) is 19.6. The van der Waals surface area contributed by atoms with Gasteiger partial charge in [0.25, 0.3) is 0 Å². The molecule has 0 aliphatic heterocycles. The largest absolute Gasteiger partial charge is 0.497 e. The summed E-state index contributed by atoms with van der Waals surface area (Å²) in [5.74, 6) is 1.58. The van der Waals surface area contributed by atoms with Crippen molar-refractivity contribution in [2.75, 3.05) is 12.8 Å². The summed E-state index contributed by atoms with van der Waals surface area (Å²) in [5.41, 5.74) is 0. The van der Waals surface area contributed by atoms with E-state index >= 15 is 0 Å². The van der Waals surface area contributed by atoms with Crippen molar-refractivity contribution in [3.8, 4) is 11.5 Å². The van der Waals surface area contributed by atoms with Crippen LogP contribution in [0, 0.1) is 0 Å². The molecule has 2 aromatic carbocycles. The third kappa shape index (κ3) is 10.9. The molecule has 6 nitrogen and oxygen atoms in total. The highest BCUT2D eigenvalue weighted by Crippen LogP contribution is 2.60. The van der Waals surface area contributed by atoms with Crippen molar-refractivity contribution >= 4 is 16.5 Å². The predicted molar refractivity (Wildman–Crippen MR) is 115 cm³/mol. The van der Waals surface area contributed by atoms with E-state index in [0.29, 0.717) is 12.8 Å². The molecule has 156 valence electrons. The Labute approximate surface area is 169 Å². The molecule has 28 heavy (non-hydrogen) atoms. The topological polar surface area (TPSA) is 88.4 Å². The van der Waals surface area contributed by atoms with Gasteiger partial charge < -0.3 is 14.7 Å². The van der Waals surface area contributed by atoms with Crippen LogP contribution in [0.2, 0.25) is 0 Å². The first kappa shape index (κ1) is 24.8. The maximum absolute atomic E-state index is 7.23. The third-order valence-electron chi connectivity index (χ3n) is 3.65. The summed E-state index contributed by atoms with van der Waals surface area (Å²) < 4.78 is 18.7. The second-order valence-electron chi connectivity index (χ2n) is 5.90. The minimum atomic E-state index is -2.62. The van der Waals surface area contributed by atoms with Gasteiger partial charge in [0.1, 0.15) is 0 Å². The zero-order chi connectivity index (χ0) is 20.7. The second-order valence-corrected chi connectivity index (χ2v) is 8.91. The van der Waals surface area contributed by atoms with Gasteiger partial charge in [0.2, 0.25) is 0 Å². The molecule has 0 radical (unpaired) electrons. The average Bonchev–Trinajstić information content (AvgIpc) is 2.69. The maximum Gasteiger partial charge on any atom is 0.497 e. The van der Waals surface area contributed by atoms with E-state index in [-0.39, 0.29) is 0 Å². The molecule has 0 spiro atoms. The molecular weight excluding hydrogens is 398 g/mol. The van der Waals surface area contributed by atoms with Crippen molar-refractivity contribution in [3.63, 3.8) is 0 Å². The van der Waals surface area contributed by atoms with Crippen LogP contribution in [-0.2, 0) is 4.52 Å². The third-order valence-corrected chi connectivity index (χ3v) is 5.98. The van der Waals surface area contributed by atoms with Gasteiger partial charge in [-0.25, -0.2) is 0 Å². The van der Waals surface area contributed by atoms with Gasteiger partial charge in [0.15, 0.2) is 17.7 Å². The Hall–Kier alpha value is -1.26. The zero-order valence-corrected chi connectivity index (χ0v) is 18.3. The standard InChI is InChI=1S/C20H28O3P.H3O3P/c1-3-5-6-13-18-21-24(4-2,22-19-14-9-7-10-15-19)23-20-16-11-8-12-17-20;1-4(2)3/h7-12,14-17H,3-6,13,18H2,1-2H3;1-3H/q+1;. The molecule has 8 heteroatoms. The highest BCUT2D eigenvalue weighted by molar-refractivity contribution is 7.62. The quantitative estimate of drug-likeness (QED) is 0.313. The molecule has 0 amide bonds. The Balaban J connectivity index is 0.000000892. The Morgan fingerprint density at radius 1 is 0.750 bits per heavy atom. The van der Waals surface area contributed by atoms with Crippen LogP contribution < -0.4 is 9.05 Å². The number of hydrogen-bond acceptors (Lipinski definition) is 6. The molecule has 0 atom stereocenters. The second kappa shape index (κ2) is 14.7. The van der Waals surface area contributed by atoms with Gasteiger partial charge in [-0.05, 0) is 37.6 Å². The van der Waals surface area contributed by atoms with Crippen LogP contribution >= 0.6 is 16.5 Å². The maximum atomic E-state index is 7.23. The van der Waals surface area contributed by atoms with E-state index in [2.05, 4.69) is 13.8 Å². The lowest BCUT2D eigenvalue weighted by Crippen LogP contribution is -2.15. The monoisotopic (exact) mass is 429 g/mol. The Morgan fingerprint density at radius 2 is 1.21 bits per heavy atom. The molecule has 0 saturated heterocycles. The highest BCUT2D eigenvalue weighted by Gasteiger charge is 2.46. The van der Waals surface area contributed by atoms with Crippen molar-refractivity contribution in [2.24, 2.45) is 0 Å². The summed E-state index contributed by atoms with van der Waals surface area (Å²) in [4.78, 5) is 21.7. The number of unbranched alkanes of at least 4 members (excludes halogenated alkanes) is 3. The van der Waals surface area contributed by atoms with Gasteiger partial charge in [0, 0.05) is 0 Å². The summed E-state index contributed by atoms with van der Waals surface area (Å²) in [6.07, 6.45) is 5.36. The van der Waals surface area contributed by atoms with Gasteiger partial charge in [-0.15, -0.1) is 0 Å². The molecule has 0 aromatic heterocycles. The molecule has 0 unspecified atom stereocenters. The number of hydrogen-bond donors (Lipinski definition) is 3. The Bertz CT molecular complexity index is 568. The number of benzene rings is 2. The molecule has 2 aromatic rings. The SMILES string of the molecule is CCCCCCO[P+](CC)(Oc1ccccc1)Oc1ccccc1.OP(O)O. The van der Waals surface area contributed by atoms with Crippen molar-refractivity contribution < 1.29 is 28.3 Å². The van der Waals surface area contributed by atoms with Gasteiger partial charge in [-0.1, -0.05) is 62.6 Å². The van der Waals surface area contributed by atoms with Crippen LogP contribution in [-0.4, -0.2) is 27.4 Å². The van der Waals surface area contributed by atoms with Crippen LogP contribution in [0.4, 0.5) is 0 Å². The fourth-order valence-corrected chi connectivity index (χ4v) is 4.18. The summed E-state index contributed by atoms with van der Waals surface area (Å²) in [5, 5.41) is 0. The normalized spacial score (nSPS) is 10.9. The minimum absolute atomic E-state index is 0.668. The fourth-order valence-electron chi connectivity index (χ4n) is 2.31. The van der Waals surface area contributed by atoms with Crippen molar-refractivity contribution in [1.29, 1.82) is 0 Å². The predicted octanol–water partition coefficient (Wildman–Crippen LogP) is 5.71. The molecule has 0 aliphatic carbocycles. The molecule has 3 N–H and O–H groups in total. The first-order chi connectivity index (χ1) is 13.5. The first-order valence-corrected chi connectivity index (χ1v) is 12.3. The van der Waals surface area contributed by atoms with Gasteiger partial charge >= 0.3 is 16.5 Å². The van der Waals surface area contributed by atoms with Gasteiger partial charge in [0.05, 0.1) is 6.61 Å². The average molecular weight is 429 g/mol.